The van der Waals surface area contributed by atoms with Gasteiger partial charge in [-0.1, -0.05) is 17.7 Å². The van der Waals surface area contributed by atoms with Gasteiger partial charge in [-0.3, -0.25) is 14.4 Å². The molecule has 0 bridgehead atoms. The van der Waals surface area contributed by atoms with Gasteiger partial charge in [-0.2, -0.15) is 0 Å². The Kier molecular flexibility index (Phi) is 5.96. The van der Waals surface area contributed by atoms with Gasteiger partial charge in [-0.05, 0) is 56.2 Å². The van der Waals surface area contributed by atoms with Crippen LogP contribution in [0.3, 0.4) is 0 Å². The van der Waals surface area contributed by atoms with Crippen molar-refractivity contribution in [1.29, 1.82) is 0 Å². The van der Waals surface area contributed by atoms with Crippen molar-refractivity contribution in [2.24, 2.45) is 5.92 Å². The zero-order chi connectivity index (χ0) is 21.1. The van der Waals surface area contributed by atoms with Crippen LogP contribution < -0.4 is 10.2 Å². The van der Waals surface area contributed by atoms with Crippen molar-refractivity contribution in [2.45, 2.75) is 27.2 Å². The SMILES string of the molecule is Cc1cc(C)c(NC(=O)COC(=O)[C@@H]2CC(=O)N(c3ccc(F)cc3)C2)c(C)c1. The second kappa shape index (κ2) is 8.43. The molecule has 6 nitrogen and oxygen atoms in total. The molecule has 0 unspecified atom stereocenters. The molecule has 1 fully saturated rings. The number of amides is 2. The number of nitrogens with one attached hydrogen (secondary N) is 1. The molecule has 0 radical (unpaired) electrons. The minimum Gasteiger partial charge on any atom is -0.455 e. The summed E-state index contributed by atoms with van der Waals surface area (Å²) in [5.74, 6) is -2.35. The molecule has 1 N–H and O–H groups in total. The Bertz CT molecular complexity index is 933. The van der Waals surface area contributed by atoms with Crippen LogP contribution in [0.2, 0.25) is 0 Å². The van der Waals surface area contributed by atoms with E-state index in [1.165, 1.54) is 29.2 Å². The monoisotopic (exact) mass is 398 g/mol. The molecule has 1 aliphatic rings. The molecular formula is C22H23FN2O4. The third-order valence-electron chi connectivity index (χ3n) is 4.88. The second-order valence-corrected chi connectivity index (χ2v) is 7.31. The van der Waals surface area contributed by atoms with Crippen LogP contribution in [0.1, 0.15) is 23.1 Å². The first kappa shape index (κ1) is 20.5. The van der Waals surface area contributed by atoms with Crippen molar-refractivity contribution in [2.75, 3.05) is 23.4 Å². The fraction of sp³-hybridized carbons (Fsp3) is 0.318. The number of nitrogens with zero attached hydrogens (tertiary/aromatic N) is 1. The van der Waals surface area contributed by atoms with Gasteiger partial charge in [0.1, 0.15) is 5.82 Å². The predicted molar refractivity (Wildman–Crippen MR) is 107 cm³/mol. The molecule has 7 heteroatoms. The fourth-order valence-corrected chi connectivity index (χ4v) is 3.54. The molecule has 1 aliphatic heterocycles. The lowest BCUT2D eigenvalue weighted by atomic mass is 10.1. The first-order valence-electron chi connectivity index (χ1n) is 9.35. The van der Waals surface area contributed by atoms with Gasteiger partial charge in [0.2, 0.25) is 5.91 Å². The first-order chi connectivity index (χ1) is 13.7. The van der Waals surface area contributed by atoms with Gasteiger partial charge in [-0.25, -0.2) is 4.39 Å². The highest BCUT2D eigenvalue weighted by Crippen LogP contribution is 2.26. The molecule has 0 spiro atoms. The number of ether oxygens (including phenoxy) is 1. The summed E-state index contributed by atoms with van der Waals surface area (Å²) in [5, 5.41) is 2.77. The number of carbonyl (C=O) groups excluding carboxylic acids is 3. The van der Waals surface area contributed by atoms with E-state index >= 15 is 0 Å². The summed E-state index contributed by atoms with van der Waals surface area (Å²) in [5.41, 5.74) is 4.18. The van der Waals surface area contributed by atoms with E-state index in [-0.39, 0.29) is 18.9 Å². The molecular weight excluding hydrogens is 375 g/mol. The molecule has 1 saturated heterocycles. The van der Waals surface area contributed by atoms with Crippen LogP contribution in [0.4, 0.5) is 15.8 Å². The van der Waals surface area contributed by atoms with Crippen LogP contribution in [-0.4, -0.2) is 30.9 Å². The third kappa shape index (κ3) is 4.80. The van der Waals surface area contributed by atoms with Crippen LogP contribution >= 0.6 is 0 Å². The smallest absolute Gasteiger partial charge is 0.311 e. The van der Waals surface area contributed by atoms with Crippen molar-refractivity contribution in [3.05, 3.63) is 58.9 Å². The highest BCUT2D eigenvalue weighted by Gasteiger charge is 2.36. The number of halogens is 1. The number of hydrogen-bond acceptors (Lipinski definition) is 4. The van der Waals surface area contributed by atoms with Gasteiger partial charge in [0.05, 0.1) is 5.92 Å². The molecule has 0 aromatic heterocycles. The van der Waals surface area contributed by atoms with Gasteiger partial charge in [-0.15, -0.1) is 0 Å². The third-order valence-corrected chi connectivity index (χ3v) is 4.88. The molecule has 2 aromatic carbocycles. The van der Waals surface area contributed by atoms with Crippen molar-refractivity contribution < 1.29 is 23.5 Å². The lowest BCUT2D eigenvalue weighted by molar-refractivity contribution is -0.151. The summed E-state index contributed by atoms with van der Waals surface area (Å²) in [6.07, 6.45) is -0.00595. The van der Waals surface area contributed by atoms with Gasteiger partial charge in [0.15, 0.2) is 6.61 Å². The molecule has 1 atom stereocenters. The summed E-state index contributed by atoms with van der Waals surface area (Å²) in [6, 6.07) is 9.41. The van der Waals surface area contributed by atoms with Crippen LogP contribution in [-0.2, 0) is 19.1 Å². The van der Waals surface area contributed by atoms with E-state index in [2.05, 4.69) is 5.32 Å². The summed E-state index contributed by atoms with van der Waals surface area (Å²) in [4.78, 5) is 38.1. The van der Waals surface area contributed by atoms with Crippen LogP contribution in [0.15, 0.2) is 36.4 Å². The van der Waals surface area contributed by atoms with E-state index in [1.54, 1.807) is 0 Å². The minimum absolute atomic E-state index is 0.00595. The molecule has 1 heterocycles. The topological polar surface area (TPSA) is 75.7 Å². The molecule has 0 saturated carbocycles. The number of esters is 1. The molecule has 3 rings (SSSR count). The predicted octanol–water partition coefficient (Wildman–Crippen LogP) is 3.29. The van der Waals surface area contributed by atoms with E-state index in [1.807, 2.05) is 32.9 Å². The van der Waals surface area contributed by atoms with Gasteiger partial charge >= 0.3 is 5.97 Å². The van der Waals surface area contributed by atoms with E-state index in [0.29, 0.717) is 11.4 Å². The average molecular weight is 398 g/mol. The summed E-state index contributed by atoms with van der Waals surface area (Å²) < 4.78 is 18.2. The Hall–Kier alpha value is -3.22. The van der Waals surface area contributed by atoms with Crippen LogP contribution in [0.5, 0.6) is 0 Å². The van der Waals surface area contributed by atoms with Gasteiger partial charge in [0.25, 0.3) is 5.91 Å². The Labute approximate surface area is 168 Å². The summed E-state index contributed by atoms with van der Waals surface area (Å²) in [6.45, 7) is 5.49. The maximum atomic E-state index is 13.1. The number of hydrogen-bond donors (Lipinski definition) is 1. The highest BCUT2D eigenvalue weighted by molar-refractivity contribution is 6.00. The highest BCUT2D eigenvalue weighted by atomic mass is 19.1. The molecule has 29 heavy (non-hydrogen) atoms. The Morgan fingerprint density at radius 1 is 1.14 bits per heavy atom. The Balaban J connectivity index is 1.55. The molecule has 152 valence electrons. The molecule has 2 aromatic rings. The second-order valence-electron chi connectivity index (χ2n) is 7.31. The lowest BCUT2D eigenvalue weighted by Crippen LogP contribution is -2.28. The van der Waals surface area contributed by atoms with Gasteiger partial charge < -0.3 is 15.0 Å². The average Bonchev–Trinajstić information content (AvgIpc) is 3.05. The van der Waals surface area contributed by atoms with E-state index in [4.69, 9.17) is 4.74 Å². The van der Waals surface area contributed by atoms with Gasteiger partial charge in [0, 0.05) is 24.3 Å². The number of carbonyl (C=O) groups is 3. The number of aryl methyl sites for hydroxylation is 3. The summed E-state index contributed by atoms with van der Waals surface area (Å²) in [7, 11) is 0. The zero-order valence-electron chi connectivity index (χ0n) is 16.6. The normalized spacial score (nSPS) is 16.1. The van der Waals surface area contributed by atoms with E-state index < -0.39 is 30.2 Å². The number of anilines is 2. The van der Waals surface area contributed by atoms with E-state index in [0.717, 1.165) is 16.7 Å². The fourth-order valence-electron chi connectivity index (χ4n) is 3.54. The lowest BCUT2D eigenvalue weighted by Gasteiger charge is -2.16. The largest absolute Gasteiger partial charge is 0.455 e. The van der Waals surface area contributed by atoms with Crippen molar-refractivity contribution in [3.63, 3.8) is 0 Å². The Morgan fingerprint density at radius 2 is 1.76 bits per heavy atom. The minimum atomic E-state index is -0.664. The first-order valence-corrected chi connectivity index (χ1v) is 9.35. The van der Waals surface area contributed by atoms with Crippen molar-refractivity contribution in [3.8, 4) is 0 Å². The molecule has 2 amide bonds. The number of benzene rings is 2. The van der Waals surface area contributed by atoms with E-state index in [9.17, 15) is 18.8 Å². The quantitative estimate of drug-likeness (QED) is 0.785. The maximum absolute atomic E-state index is 13.1. The Morgan fingerprint density at radius 3 is 2.38 bits per heavy atom. The van der Waals surface area contributed by atoms with Crippen molar-refractivity contribution in [1.82, 2.24) is 0 Å². The summed E-state index contributed by atoms with van der Waals surface area (Å²) >= 11 is 0. The van der Waals surface area contributed by atoms with Crippen LogP contribution in [0.25, 0.3) is 0 Å². The van der Waals surface area contributed by atoms with Crippen molar-refractivity contribution >= 4 is 29.2 Å². The van der Waals surface area contributed by atoms with Crippen LogP contribution in [0, 0.1) is 32.5 Å². The number of rotatable bonds is 5. The molecule has 0 aliphatic carbocycles. The maximum Gasteiger partial charge on any atom is 0.311 e. The zero-order valence-corrected chi connectivity index (χ0v) is 16.6. The standard InChI is InChI=1S/C22H23FN2O4/c1-13-8-14(2)21(15(3)9-13)24-19(26)12-29-22(28)16-10-20(27)25(11-16)18-6-4-17(23)5-7-18/h4-9,16H,10-12H2,1-3H3,(H,24,26)/t16-/m1/s1.